The van der Waals surface area contributed by atoms with Gasteiger partial charge in [-0.3, -0.25) is 0 Å². The summed E-state index contributed by atoms with van der Waals surface area (Å²) in [6.07, 6.45) is 6.24. The van der Waals surface area contributed by atoms with E-state index < -0.39 is 23.1 Å². The van der Waals surface area contributed by atoms with E-state index in [0.29, 0.717) is 30.7 Å². The fraction of sp³-hybridized carbons (Fsp3) is 0.684. The number of halogens is 4. The van der Waals surface area contributed by atoms with E-state index in [2.05, 4.69) is 6.92 Å². The lowest BCUT2D eigenvalue weighted by Gasteiger charge is -2.24. The maximum Gasteiger partial charge on any atom is 0.194 e. The SMILES string of the molecule is CCCC1CC2CCC(c3cc(F)c(F)c(F)c3)CCC2(F)C1. The highest BCUT2D eigenvalue weighted by atomic mass is 19.2. The van der Waals surface area contributed by atoms with E-state index in [1.807, 2.05) is 0 Å². The van der Waals surface area contributed by atoms with Crippen LogP contribution in [-0.2, 0) is 0 Å². The molecule has 0 aromatic heterocycles. The molecule has 2 aliphatic carbocycles. The molecule has 0 nitrogen and oxygen atoms in total. The molecule has 2 saturated carbocycles. The van der Waals surface area contributed by atoms with Gasteiger partial charge in [-0.05, 0) is 74.0 Å². The molecule has 0 saturated heterocycles. The zero-order valence-electron chi connectivity index (χ0n) is 13.6. The smallest absolute Gasteiger partial charge is 0.194 e. The monoisotopic (exact) mass is 328 g/mol. The van der Waals surface area contributed by atoms with Crippen LogP contribution in [0.15, 0.2) is 12.1 Å². The molecule has 4 atom stereocenters. The number of rotatable bonds is 3. The van der Waals surface area contributed by atoms with Crippen molar-refractivity contribution in [3.05, 3.63) is 35.1 Å². The van der Waals surface area contributed by atoms with Gasteiger partial charge in [0.15, 0.2) is 17.5 Å². The van der Waals surface area contributed by atoms with E-state index in [-0.39, 0.29) is 11.8 Å². The Kier molecular flexibility index (Phi) is 4.70. The summed E-state index contributed by atoms with van der Waals surface area (Å²) in [7, 11) is 0. The summed E-state index contributed by atoms with van der Waals surface area (Å²) in [6.45, 7) is 2.13. The molecule has 4 unspecified atom stereocenters. The summed E-state index contributed by atoms with van der Waals surface area (Å²) in [5.41, 5.74) is -0.652. The molecule has 0 spiro atoms. The Labute approximate surface area is 135 Å². The number of alkyl halides is 1. The van der Waals surface area contributed by atoms with Crippen molar-refractivity contribution in [3.63, 3.8) is 0 Å². The number of hydrogen-bond acceptors (Lipinski definition) is 0. The number of hydrogen-bond donors (Lipinski definition) is 0. The Hall–Kier alpha value is -1.06. The predicted octanol–water partition coefficient (Wildman–Crippen LogP) is 6.30. The van der Waals surface area contributed by atoms with Crippen molar-refractivity contribution in [1.82, 2.24) is 0 Å². The van der Waals surface area contributed by atoms with Gasteiger partial charge < -0.3 is 0 Å². The molecular formula is C19H24F4. The van der Waals surface area contributed by atoms with Gasteiger partial charge in [0.1, 0.15) is 5.67 Å². The van der Waals surface area contributed by atoms with Gasteiger partial charge in [0.2, 0.25) is 0 Å². The maximum atomic E-state index is 15.3. The molecule has 0 radical (unpaired) electrons. The normalized spacial score (nSPS) is 34.2. The van der Waals surface area contributed by atoms with Crippen LogP contribution in [-0.4, -0.2) is 5.67 Å². The van der Waals surface area contributed by atoms with Gasteiger partial charge in [-0.25, -0.2) is 17.6 Å². The summed E-state index contributed by atoms with van der Waals surface area (Å²) in [5.74, 6) is -3.26. The third-order valence-corrected chi connectivity index (χ3v) is 5.92. The fourth-order valence-corrected chi connectivity index (χ4v) is 4.76. The van der Waals surface area contributed by atoms with Crippen LogP contribution < -0.4 is 0 Å². The molecule has 0 amide bonds. The molecular weight excluding hydrogens is 304 g/mol. The second kappa shape index (κ2) is 6.45. The average Bonchev–Trinajstić information content (AvgIpc) is 2.72. The van der Waals surface area contributed by atoms with E-state index in [4.69, 9.17) is 0 Å². The first kappa shape index (κ1) is 16.8. The minimum Gasteiger partial charge on any atom is -0.244 e. The van der Waals surface area contributed by atoms with Crippen LogP contribution in [0.25, 0.3) is 0 Å². The highest BCUT2D eigenvalue weighted by Gasteiger charge is 2.48. The van der Waals surface area contributed by atoms with E-state index in [1.54, 1.807) is 0 Å². The van der Waals surface area contributed by atoms with E-state index in [1.165, 1.54) is 0 Å². The standard InChI is InChI=1S/C19H24F4/c1-2-3-12-8-15-5-4-13(6-7-19(15,23)11-12)14-9-16(20)18(22)17(21)10-14/h9-10,12-13,15H,2-8,11H2,1H3. The van der Waals surface area contributed by atoms with Gasteiger partial charge in [0.05, 0.1) is 0 Å². The molecule has 4 heteroatoms. The summed E-state index contributed by atoms with van der Waals surface area (Å²) in [6, 6.07) is 2.16. The van der Waals surface area contributed by atoms with Crippen molar-refractivity contribution in [2.24, 2.45) is 11.8 Å². The second-order valence-corrected chi connectivity index (χ2v) is 7.44. The van der Waals surface area contributed by atoms with Crippen molar-refractivity contribution >= 4 is 0 Å². The van der Waals surface area contributed by atoms with Crippen molar-refractivity contribution in [3.8, 4) is 0 Å². The summed E-state index contributed by atoms with van der Waals surface area (Å²) in [5, 5.41) is 0. The third-order valence-electron chi connectivity index (χ3n) is 5.92. The van der Waals surface area contributed by atoms with Crippen LogP contribution >= 0.6 is 0 Å². The first-order valence-electron chi connectivity index (χ1n) is 8.76. The average molecular weight is 328 g/mol. The van der Waals surface area contributed by atoms with Gasteiger partial charge in [-0.15, -0.1) is 0 Å². The van der Waals surface area contributed by atoms with Gasteiger partial charge in [0, 0.05) is 0 Å². The lowest BCUT2D eigenvalue weighted by molar-refractivity contribution is 0.0982. The van der Waals surface area contributed by atoms with Gasteiger partial charge in [-0.1, -0.05) is 19.8 Å². The summed E-state index contributed by atoms with van der Waals surface area (Å²) >= 11 is 0. The predicted molar refractivity (Wildman–Crippen MR) is 82.5 cm³/mol. The van der Waals surface area contributed by atoms with Crippen LogP contribution in [0.5, 0.6) is 0 Å². The summed E-state index contributed by atoms with van der Waals surface area (Å²) < 4.78 is 55.3. The lowest BCUT2D eigenvalue weighted by atomic mass is 9.88. The molecule has 1 aromatic rings. The lowest BCUT2D eigenvalue weighted by Crippen LogP contribution is -2.26. The molecule has 3 rings (SSSR count). The van der Waals surface area contributed by atoms with Crippen LogP contribution in [0.2, 0.25) is 0 Å². The first-order chi connectivity index (χ1) is 10.9. The van der Waals surface area contributed by atoms with Crippen LogP contribution in [0.1, 0.15) is 69.8 Å². The van der Waals surface area contributed by atoms with Crippen molar-refractivity contribution < 1.29 is 17.6 Å². The highest BCUT2D eigenvalue weighted by Crippen LogP contribution is 2.53. The molecule has 23 heavy (non-hydrogen) atoms. The Bertz CT molecular complexity index is 547. The maximum absolute atomic E-state index is 15.3. The Morgan fingerprint density at radius 2 is 1.78 bits per heavy atom. The van der Waals surface area contributed by atoms with Crippen molar-refractivity contribution in [2.75, 3.05) is 0 Å². The van der Waals surface area contributed by atoms with Crippen molar-refractivity contribution in [2.45, 2.75) is 69.9 Å². The fourth-order valence-electron chi connectivity index (χ4n) is 4.76. The van der Waals surface area contributed by atoms with Crippen LogP contribution in [0, 0.1) is 29.3 Å². The zero-order chi connectivity index (χ0) is 16.6. The highest BCUT2D eigenvalue weighted by molar-refractivity contribution is 5.24. The summed E-state index contributed by atoms with van der Waals surface area (Å²) in [4.78, 5) is 0. The largest absolute Gasteiger partial charge is 0.244 e. The second-order valence-electron chi connectivity index (χ2n) is 7.44. The van der Waals surface area contributed by atoms with E-state index in [9.17, 15) is 13.2 Å². The van der Waals surface area contributed by atoms with Gasteiger partial charge in [-0.2, -0.15) is 0 Å². The number of benzene rings is 1. The minimum atomic E-state index is -1.43. The molecule has 0 aliphatic heterocycles. The topological polar surface area (TPSA) is 0 Å². The molecule has 0 heterocycles. The molecule has 2 fully saturated rings. The Morgan fingerprint density at radius 1 is 1.09 bits per heavy atom. The minimum absolute atomic E-state index is 0.0687. The molecule has 128 valence electrons. The Balaban J connectivity index is 1.74. The zero-order valence-corrected chi connectivity index (χ0v) is 13.6. The third kappa shape index (κ3) is 3.27. The molecule has 0 bridgehead atoms. The first-order valence-corrected chi connectivity index (χ1v) is 8.76. The van der Waals surface area contributed by atoms with Gasteiger partial charge >= 0.3 is 0 Å². The van der Waals surface area contributed by atoms with Crippen LogP contribution in [0.4, 0.5) is 17.6 Å². The Morgan fingerprint density at radius 3 is 2.43 bits per heavy atom. The van der Waals surface area contributed by atoms with Crippen molar-refractivity contribution in [1.29, 1.82) is 0 Å². The van der Waals surface area contributed by atoms with Crippen LogP contribution in [0.3, 0.4) is 0 Å². The van der Waals surface area contributed by atoms with Gasteiger partial charge in [0.25, 0.3) is 0 Å². The van der Waals surface area contributed by atoms with E-state index >= 15 is 4.39 Å². The molecule has 2 aliphatic rings. The molecule has 1 aromatic carbocycles. The van der Waals surface area contributed by atoms with E-state index in [0.717, 1.165) is 44.2 Å². The molecule has 0 N–H and O–H groups in total. The number of fused-ring (bicyclic) bond motifs is 1. The quantitative estimate of drug-likeness (QED) is 0.451.